The highest BCUT2D eigenvalue weighted by molar-refractivity contribution is 5.73. The van der Waals surface area contributed by atoms with Crippen molar-refractivity contribution < 1.29 is 85.0 Å². The molecule has 3 rings (SSSR count). The number of carboxylic acids is 1. The van der Waals surface area contributed by atoms with Gasteiger partial charge in [-0.25, -0.2) is 4.79 Å². The van der Waals surface area contributed by atoms with Gasteiger partial charge < -0.3 is 91.3 Å². The fourth-order valence-corrected chi connectivity index (χ4v) is 4.89. The minimum Gasteiger partial charge on any atom is -0.479 e. The van der Waals surface area contributed by atoms with Gasteiger partial charge in [-0.1, -0.05) is 0 Å². The Morgan fingerprint density at radius 2 is 1.40 bits per heavy atom. The van der Waals surface area contributed by atoms with E-state index in [0.29, 0.717) is 0 Å². The number of carbonyl (C=O) groups is 1. The summed E-state index contributed by atoms with van der Waals surface area (Å²) in [5.74, 6) is -1.87. The van der Waals surface area contributed by atoms with Crippen molar-refractivity contribution in [2.75, 3.05) is 19.8 Å². The van der Waals surface area contributed by atoms with Gasteiger partial charge in [0.05, 0.1) is 50.2 Å². The highest BCUT2D eigenvalue weighted by atomic mass is 16.7. The van der Waals surface area contributed by atoms with Gasteiger partial charge in [-0.2, -0.15) is 0 Å². The van der Waals surface area contributed by atoms with Gasteiger partial charge in [0.1, 0.15) is 54.9 Å². The number of aliphatic carboxylic acids is 1. The molecule has 15 N–H and O–H groups in total. The summed E-state index contributed by atoms with van der Waals surface area (Å²) in [4.78, 5) is 11.9. The monoisotopic (exact) mass is 590 g/mol. The lowest BCUT2D eigenvalue weighted by Crippen LogP contribution is -2.67. The summed E-state index contributed by atoms with van der Waals surface area (Å²) < 4.78 is 21.3. The molecule has 0 aliphatic carbocycles. The topological polar surface area (TPSA) is 335 Å². The number of nitrogens with two attached hydrogens (primary N) is 1. The molecule has 12 unspecified atom stereocenters. The van der Waals surface area contributed by atoms with E-state index in [1.165, 1.54) is 0 Å². The summed E-state index contributed by atoms with van der Waals surface area (Å²) in [6.07, 6.45) is -25.5. The number of hydrogen-bond acceptors (Lipinski definition) is 18. The van der Waals surface area contributed by atoms with Gasteiger partial charge in [-0.15, -0.1) is 0 Å². The molecule has 0 spiro atoms. The average Bonchev–Trinajstić information content (AvgIpc) is 3.22. The number of aliphatic hydroxyl groups is 11. The predicted molar refractivity (Wildman–Crippen MR) is 123 cm³/mol. The van der Waals surface area contributed by atoms with E-state index in [-0.39, 0.29) is 0 Å². The predicted octanol–water partition coefficient (Wildman–Crippen LogP) is -9.18. The molecule has 19 heteroatoms. The minimum absolute atomic E-state index is 0.654. The van der Waals surface area contributed by atoms with Crippen LogP contribution in [0, 0.1) is 0 Å². The van der Waals surface area contributed by atoms with Crippen LogP contribution < -0.4 is 11.1 Å². The number of ether oxygens (including phenoxy) is 4. The molecular formula is C21H38N2O17. The van der Waals surface area contributed by atoms with Crippen LogP contribution in [0.15, 0.2) is 0 Å². The highest BCUT2D eigenvalue weighted by Gasteiger charge is 2.53. The molecule has 40 heavy (non-hydrogen) atoms. The van der Waals surface area contributed by atoms with Crippen molar-refractivity contribution in [3.05, 3.63) is 0 Å². The van der Waals surface area contributed by atoms with Crippen LogP contribution in [0.5, 0.6) is 0 Å². The molecule has 0 radical (unpaired) electrons. The van der Waals surface area contributed by atoms with Gasteiger partial charge in [-0.3, -0.25) is 0 Å². The largest absolute Gasteiger partial charge is 0.479 e. The summed E-state index contributed by atoms with van der Waals surface area (Å²) in [6.45, 7) is -2.31. The first-order valence-electron chi connectivity index (χ1n) is 12.4. The molecule has 0 aromatic carbocycles. The quantitative estimate of drug-likeness (QED) is 0.106. The third kappa shape index (κ3) is 6.55. The molecule has 0 saturated carbocycles. The van der Waals surface area contributed by atoms with Gasteiger partial charge in [0.15, 0.2) is 18.7 Å². The van der Waals surface area contributed by atoms with E-state index in [9.17, 15) is 66.1 Å². The fraction of sp³-hybridized carbons (Fsp3) is 0.952. The molecule has 3 aliphatic rings. The van der Waals surface area contributed by atoms with Gasteiger partial charge in [0.25, 0.3) is 0 Å². The van der Waals surface area contributed by atoms with Crippen LogP contribution >= 0.6 is 0 Å². The smallest absolute Gasteiger partial charge is 0.335 e. The van der Waals surface area contributed by atoms with E-state index in [1.807, 2.05) is 0 Å². The van der Waals surface area contributed by atoms with E-state index in [2.05, 4.69) is 5.32 Å². The first-order valence-corrected chi connectivity index (χ1v) is 12.4. The second kappa shape index (κ2) is 13.8. The van der Waals surface area contributed by atoms with Crippen molar-refractivity contribution in [3.63, 3.8) is 0 Å². The van der Waals surface area contributed by atoms with E-state index < -0.39 is 130 Å². The van der Waals surface area contributed by atoms with Crippen LogP contribution in [-0.4, -0.2) is 191 Å². The number of nitrogens with one attached hydrogen (secondary N) is 1. The van der Waals surface area contributed by atoms with Gasteiger partial charge >= 0.3 is 5.97 Å². The Balaban J connectivity index is 1.72. The maximum absolute atomic E-state index is 11.9. The Hall–Kier alpha value is -1.21. The minimum atomic E-state index is -2.35. The van der Waals surface area contributed by atoms with Crippen molar-refractivity contribution in [2.24, 2.45) is 5.73 Å². The molecule has 0 bridgehead atoms. The van der Waals surface area contributed by atoms with Crippen LogP contribution in [0.1, 0.15) is 0 Å². The van der Waals surface area contributed by atoms with Crippen LogP contribution in [-0.2, 0) is 23.7 Å². The van der Waals surface area contributed by atoms with Crippen LogP contribution in [0.3, 0.4) is 0 Å². The molecule has 0 aromatic heterocycles. The fourth-order valence-electron chi connectivity index (χ4n) is 4.89. The Labute approximate surface area is 226 Å². The summed E-state index contributed by atoms with van der Waals surface area (Å²) in [6, 6.07) is -4.01. The first kappa shape index (κ1) is 33.3. The normalized spacial score (nSPS) is 46.6. The third-order valence-corrected chi connectivity index (χ3v) is 7.33. The number of hydrogen-bond donors (Lipinski definition) is 14. The zero-order valence-corrected chi connectivity index (χ0v) is 20.9. The molecular weight excluding hydrogens is 552 g/mol. The van der Waals surface area contributed by atoms with Gasteiger partial charge in [0.2, 0.25) is 0 Å². The molecule has 0 aromatic rings. The number of carboxylic acid groups (broad SMARTS) is 1. The highest BCUT2D eigenvalue weighted by Crippen LogP contribution is 2.30. The first-order chi connectivity index (χ1) is 18.8. The van der Waals surface area contributed by atoms with Crippen molar-refractivity contribution in [1.82, 2.24) is 5.32 Å². The van der Waals surface area contributed by atoms with Crippen molar-refractivity contribution in [1.29, 1.82) is 0 Å². The third-order valence-electron chi connectivity index (χ3n) is 7.33. The second-order valence-electron chi connectivity index (χ2n) is 9.93. The standard InChI is InChI=1S/C21H38N2O17/c22-7-11(29)10(28)5(2-25)37-20(7)39-17-6(3-26)38-21(16(34)15(17)33)40-18(19(35)36)14(32)13(31)8-12(30)9(27)4(1-24)23-8/h4-18,20-21,23-34H,1-3,22H2,(H,35,36)/t4-,5?,6?,7?,8?,9-,10?,11?,12-,13-,14-,15?,16?,17?,18?,20?,21?/m0/s1. The van der Waals surface area contributed by atoms with Crippen LogP contribution in [0.25, 0.3) is 0 Å². The molecule has 234 valence electrons. The number of rotatable bonds is 11. The van der Waals surface area contributed by atoms with Crippen LogP contribution in [0.2, 0.25) is 0 Å². The molecule has 3 saturated heterocycles. The lowest BCUT2D eigenvalue weighted by molar-refractivity contribution is -0.352. The van der Waals surface area contributed by atoms with E-state index in [4.69, 9.17) is 24.7 Å². The number of aliphatic hydroxyl groups excluding tert-OH is 11. The zero-order chi connectivity index (χ0) is 30.0. The SMILES string of the molecule is NC1C(OC2C(CO)OC(OC(C(=O)O)[C@@H](O)[C@@H](O)C3N[C@@H](CO)[C@H](O)[C@H]3O)C(O)C2O)OC(CO)C(O)C1O. The van der Waals surface area contributed by atoms with Crippen molar-refractivity contribution >= 4 is 5.97 Å². The zero-order valence-electron chi connectivity index (χ0n) is 20.9. The lowest BCUT2D eigenvalue weighted by atomic mass is 9.95. The van der Waals surface area contributed by atoms with E-state index in [1.54, 1.807) is 0 Å². The summed E-state index contributed by atoms with van der Waals surface area (Å²) in [5, 5.41) is 123. The summed E-state index contributed by atoms with van der Waals surface area (Å²) in [5.41, 5.74) is 5.81. The van der Waals surface area contributed by atoms with Crippen molar-refractivity contribution in [3.8, 4) is 0 Å². The second-order valence-corrected chi connectivity index (χ2v) is 9.93. The molecule has 0 amide bonds. The molecule has 17 atom stereocenters. The molecule has 19 nitrogen and oxygen atoms in total. The Morgan fingerprint density at radius 1 is 0.800 bits per heavy atom. The molecule has 3 heterocycles. The van der Waals surface area contributed by atoms with Gasteiger partial charge in [-0.05, 0) is 0 Å². The lowest BCUT2D eigenvalue weighted by Gasteiger charge is -2.46. The summed E-state index contributed by atoms with van der Waals surface area (Å²) in [7, 11) is 0. The maximum atomic E-state index is 11.9. The Bertz CT molecular complexity index is 824. The maximum Gasteiger partial charge on any atom is 0.335 e. The van der Waals surface area contributed by atoms with Crippen molar-refractivity contribution in [2.45, 2.75) is 104 Å². The van der Waals surface area contributed by atoms with Crippen LogP contribution in [0.4, 0.5) is 0 Å². The van der Waals surface area contributed by atoms with E-state index >= 15 is 0 Å². The van der Waals surface area contributed by atoms with E-state index in [0.717, 1.165) is 0 Å². The molecule has 3 aliphatic heterocycles. The Morgan fingerprint density at radius 3 is 1.93 bits per heavy atom. The Kier molecular flexibility index (Phi) is 11.5. The summed E-state index contributed by atoms with van der Waals surface area (Å²) >= 11 is 0. The van der Waals surface area contributed by atoms with Gasteiger partial charge in [0, 0.05) is 0 Å². The average molecular weight is 591 g/mol. The molecule has 3 fully saturated rings.